The van der Waals surface area contributed by atoms with E-state index in [-0.39, 0.29) is 12.2 Å². The van der Waals surface area contributed by atoms with E-state index in [9.17, 15) is 0 Å². The minimum Gasteiger partial charge on any atom is -0.377 e. The van der Waals surface area contributed by atoms with Gasteiger partial charge >= 0.3 is 0 Å². The molecule has 3 atom stereocenters. The predicted octanol–water partition coefficient (Wildman–Crippen LogP) is 0.864. The Morgan fingerprint density at radius 1 is 1.18 bits per heavy atom. The van der Waals surface area contributed by atoms with Gasteiger partial charge in [0.25, 0.3) is 0 Å². The third kappa shape index (κ3) is 3.65. The van der Waals surface area contributed by atoms with Gasteiger partial charge in [0, 0.05) is 33.4 Å². The average Bonchev–Trinajstić information content (AvgIpc) is 2.97. The fourth-order valence-corrected chi connectivity index (χ4v) is 3.02. The molecule has 0 aromatic carbocycles. The Hall–Kier alpha value is -0.160. The summed E-state index contributed by atoms with van der Waals surface area (Å²) < 4.78 is 10.9. The van der Waals surface area contributed by atoms with Gasteiger partial charge in [0.05, 0.1) is 12.2 Å². The van der Waals surface area contributed by atoms with E-state index in [1.165, 1.54) is 38.8 Å². The molecular formula is C13H26N2O2. The van der Waals surface area contributed by atoms with Crippen molar-refractivity contribution in [2.45, 2.75) is 43.9 Å². The summed E-state index contributed by atoms with van der Waals surface area (Å²) in [7, 11) is 3.56. The molecule has 4 heteroatoms. The second kappa shape index (κ2) is 6.69. The quantitative estimate of drug-likeness (QED) is 0.749. The summed E-state index contributed by atoms with van der Waals surface area (Å²) in [5.41, 5.74) is 0. The van der Waals surface area contributed by atoms with Gasteiger partial charge in [-0.3, -0.25) is 4.90 Å². The van der Waals surface area contributed by atoms with Crippen LogP contribution in [0.1, 0.15) is 25.7 Å². The number of hydrogen-bond acceptors (Lipinski definition) is 4. The molecule has 0 aromatic heterocycles. The number of rotatable bonds is 6. The minimum absolute atomic E-state index is 0.254. The molecule has 4 nitrogen and oxygen atoms in total. The third-order valence-corrected chi connectivity index (χ3v) is 4.09. The number of ether oxygens (including phenoxy) is 2. The molecule has 2 aliphatic heterocycles. The molecule has 17 heavy (non-hydrogen) atoms. The van der Waals surface area contributed by atoms with E-state index < -0.39 is 0 Å². The van der Waals surface area contributed by atoms with Gasteiger partial charge < -0.3 is 14.8 Å². The van der Waals surface area contributed by atoms with E-state index in [0.717, 1.165) is 19.1 Å². The number of methoxy groups -OCH3 is 2. The van der Waals surface area contributed by atoms with Gasteiger partial charge in [-0.25, -0.2) is 0 Å². The zero-order valence-electron chi connectivity index (χ0n) is 11.2. The van der Waals surface area contributed by atoms with Gasteiger partial charge in [0.2, 0.25) is 0 Å². The first-order valence-electron chi connectivity index (χ1n) is 6.85. The van der Waals surface area contributed by atoms with Gasteiger partial charge in [0.15, 0.2) is 0 Å². The van der Waals surface area contributed by atoms with Crippen LogP contribution in [-0.4, -0.2) is 63.5 Å². The van der Waals surface area contributed by atoms with E-state index in [4.69, 9.17) is 9.47 Å². The molecule has 0 aliphatic carbocycles. The van der Waals surface area contributed by atoms with Crippen molar-refractivity contribution in [1.82, 2.24) is 10.2 Å². The zero-order chi connectivity index (χ0) is 12.1. The van der Waals surface area contributed by atoms with E-state index in [0.29, 0.717) is 0 Å². The van der Waals surface area contributed by atoms with Crippen molar-refractivity contribution in [1.29, 1.82) is 0 Å². The number of likely N-dealkylation sites (tertiary alicyclic amines) is 1. The van der Waals surface area contributed by atoms with Crippen LogP contribution in [-0.2, 0) is 9.47 Å². The smallest absolute Gasteiger partial charge is 0.0971 e. The molecule has 2 heterocycles. The highest BCUT2D eigenvalue weighted by molar-refractivity contribution is 4.86. The maximum absolute atomic E-state index is 5.45. The Morgan fingerprint density at radius 2 is 1.88 bits per heavy atom. The van der Waals surface area contributed by atoms with Crippen molar-refractivity contribution in [3.05, 3.63) is 0 Å². The lowest BCUT2D eigenvalue weighted by Crippen LogP contribution is -2.27. The van der Waals surface area contributed by atoms with E-state index in [2.05, 4.69) is 10.2 Å². The molecule has 2 fully saturated rings. The Bertz CT molecular complexity index is 207. The summed E-state index contributed by atoms with van der Waals surface area (Å²) in [6, 6.07) is 0.772. The van der Waals surface area contributed by atoms with Crippen LogP contribution < -0.4 is 5.32 Å². The van der Waals surface area contributed by atoms with Crippen molar-refractivity contribution >= 4 is 0 Å². The number of nitrogens with zero attached hydrogens (tertiary/aromatic N) is 1. The van der Waals surface area contributed by atoms with Crippen molar-refractivity contribution in [3.8, 4) is 0 Å². The number of hydrogen-bond donors (Lipinski definition) is 1. The summed E-state index contributed by atoms with van der Waals surface area (Å²) >= 11 is 0. The van der Waals surface area contributed by atoms with Crippen molar-refractivity contribution in [3.63, 3.8) is 0 Å². The topological polar surface area (TPSA) is 33.7 Å². The average molecular weight is 242 g/mol. The van der Waals surface area contributed by atoms with Crippen LogP contribution in [0.4, 0.5) is 0 Å². The fourth-order valence-electron chi connectivity index (χ4n) is 3.02. The Labute approximate surface area is 105 Å². The lowest BCUT2D eigenvalue weighted by molar-refractivity contribution is -0.00461. The normalized spacial score (nSPS) is 34.6. The highest BCUT2D eigenvalue weighted by Crippen LogP contribution is 2.17. The van der Waals surface area contributed by atoms with Crippen LogP contribution in [0.3, 0.4) is 0 Å². The van der Waals surface area contributed by atoms with Crippen LogP contribution in [0, 0.1) is 0 Å². The molecule has 0 saturated carbocycles. The van der Waals surface area contributed by atoms with Gasteiger partial charge in [-0.05, 0) is 38.8 Å². The molecule has 0 radical (unpaired) electrons. The standard InChI is InChI=1S/C13H26N2O2/c1-16-12-9-15(10-13(12)17-2)8-4-6-11-5-3-7-14-11/h11-14H,3-10H2,1-2H3. The summed E-state index contributed by atoms with van der Waals surface area (Å²) in [5, 5.41) is 3.55. The summed E-state index contributed by atoms with van der Waals surface area (Å²) in [6.45, 7) is 4.43. The van der Waals surface area contributed by atoms with E-state index in [1.54, 1.807) is 14.2 Å². The molecule has 0 amide bonds. The largest absolute Gasteiger partial charge is 0.377 e. The van der Waals surface area contributed by atoms with Crippen LogP contribution in [0.2, 0.25) is 0 Å². The fraction of sp³-hybridized carbons (Fsp3) is 1.00. The predicted molar refractivity (Wildman–Crippen MR) is 68.3 cm³/mol. The molecule has 1 N–H and O–H groups in total. The Balaban J connectivity index is 1.63. The lowest BCUT2D eigenvalue weighted by Gasteiger charge is -2.16. The molecule has 0 bridgehead atoms. The first-order chi connectivity index (χ1) is 8.33. The lowest BCUT2D eigenvalue weighted by atomic mass is 10.1. The Kier molecular flexibility index (Phi) is 5.22. The number of nitrogens with one attached hydrogen (secondary N) is 1. The van der Waals surface area contributed by atoms with E-state index >= 15 is 0 Å². The molecule has 2 rings (SSSR count). The molecule has 3 unspecified atom stereocenters. The maximum atomic E-state index is 5.45. The second-order valence-electron chi connectivity index (χ2n) is 5.24. The van der Waals surface area contributed by atoms with Gasteiger partial charge in [0.1, 0.15) is 0 Å². The zero-order valence-corrected chi connectivity index (χ0v) is 11.2. The summed E-state index contributed by atoms with van der Waals surface area (Å²) in [5.74, 6) is 0. The molecule has 0 aromatic rings. The van der Waals surface area contributed by atoms with Gasteiger partial charge in [-0.1, -0.05) is 0 Å². The molecule has 0 spiro atoms. The second-order valence-corrected chi connectivity index (χ2v) is 5.24. The van der Waals surface area contributed by atoms with Crippen molar-refractivity contribution < 1.29 is 9.47 Å². The molecule has 2 aliphatic rings. The van der Waals surface area contributed by atoms with Crippen LogP contribution in [0.15, 0.2) is 0 Å². The highest BCUT2D eigenvalue weighted by atomic mass is 16.5. The van der Waals surface area contributed by atoms with Gasteiger partial charge in [-0.15, -0.1) is 0 Å². The summed E-state index contributed by atoms with van der Waals surface area (Å²) in [4.78, 5) is 2.47. The van der Waals surface area contributed by atoms with Gasteiger partial charge in [-0.2, -0.15) is 0 Å². The van der Waals surface area contributed by atoms with Crippen molar-refractivity contribution in [2.24, 2.45) is 0 Å². The molecular weight excluding hydrogens is 216 g/mol. The van der Waals surface area contributed by atoms with Crippen molar-refractivity contribution in [2.75, 3.05) is 40.4 Å². The first-order valence-corrected chi connectivity index (χ1v) is 6.85. The third-order valence-electron chi connectivity index (χ3n) is 4.09. The Morgan fingerprint density at radius 3 is 2.41 bits per heavy atom. The minimum atomic E-state index is 0.254. The maximum Gasteiger partial charge on any atom is 0.0971 e. The van der Waals surface area contributed by atoms with Crippen LogP contribution in [0.25, 0.3) is 0 Å². The molecule has 100 valence electrons. The van der Waals surface area contributed by atoms with E-state index in [1.807, 2.05) is 0 Å². The molecule has 2 saturated heterocycles. The highest BCUT2D eigenvalue weighted by Gasteiger charge is 2.32. The van der Waals surface area contributed by atoms with Crippen LogP contribution in [0.5, 0.6) is 0 Å². The van der Waals surface area contributed by atoms with Crippen LogP contribution >= 0.6 is 0 Å². The first kappa shape index (κ1) is 13.3. The SMILES string of the molecule is COC1CN(CCCC2CCCN2)CC1OC. The summed E-state index contributed by atoms with van der Waals surface area (Å²) in [6.07, 6.45) is 5.82. The monoisotopic (exact) mass is 242 g/mol.